The van der Waals surface area contributed by atoms with Gasteiger partial charge in [-0.15, -0.1) is 0 Å². The molecule has 4 N–H and O–H groups in total. The molecule has 1 saturated heterocycles. The van der Waals surface area contributed by atoms with Crippen molar-refractivity contribution in [3.8, 4) is 0 Å². The maximum Gasteiger partial charge on any atom is 0.423 e. The predicted molar refractivity (Wildman–Crippen MR) is 154 cm³/mol. The fraction of sp³-hybridized carbons (Fsp3) is 0.552. The molecule has 1 saturated carbocycles. The minimum atomic E-state index is -4.87. The van der Waals surface area contributed by atoms with Gasteiger partial charge in [0.1, 0.15) is 12.2 Å². The van der Waals surface area contributed by atoms with Gasteiger partial charge in [-0.3, -0.25) is 14.9 Å². The Kier molecular flexibility index (Phi) is 11.7. The molecule has 0 unspecified atom stereocenters. The first-order valence-electron chi connectivity index (χ1n) is 14.5. The SMILES string of the molecule is CC.Nc1ccc(NC2CCC(OCC(=O)N3CCC(Nc4ccc([N+](=O)[O-])c(C(F)(F)F)c4)CC3)CC2)cc1C(F)(F)F. The molecule has 0 aromatic heterocycles. The van der Waals surface area contributed by atoms with Crippen molar-refractivity contribution in [2.45, 2.75) is 82.9 Å². The van der Waals surface area contributed by atoms with Crippen LogP contribution >= 0.6 is 0 Å². The van der Waals surface area contributed by atoms with E-state index >= 15 is 0 Å². The van der Waals surface area contributed by atoms with Crippen molar-refractivity contribution in [3.63, 3.8) is 0 Å². The standard InChI is InChI=1S/C27H31F6N5O4.C2H6/c28-26(29,30)21-13-18(3-7-23(21)34)35-16-1-5-20(6-2-16)42-15-25(39)37-11-9-17(10-12-37)36-19-4-8-24(38(40)41)22(14-19)27(31,32)33;1-2/h3-4,7-8,13-14,16-17,20,35-36H,1-2,5-6,9-12,15,34H2;1-2H3. The van der Waals surface area contributed by atoms with Gasteiger partial charge in [0.2, 0.25) is 5.91 Å². The normalized spacial score (nSPS) is 19.5. The summed E-state index contributed by atoms with van der Waals surface area (Å²) in [6.07, 6.45) is -6.05. The van der Waals surface area contributed by atoms with Gasteiger partial charge in [0.15, 0.2) is 0 Å². The highest BCUT2D eigenvalue weighted by molar-refractivity contribution is 5.77. The second kappa shape index (κ2) is 14.8. The van der Waals surface area contributed by atoms with E-state index in [2.05, 4.69) is 10.6 Å². The van der Waals surface area contributed by atoms with Crippen LogP contribution in [0.15, 0.2) is 36.4 Å². The number of carbonyl (C=O) groups is 1. The molecule has 0 bridgehead atoms. The Hall–Kier alpha value is -3.75. The minimum Gasteiger partial charge on any atom is -0.398 e. The lowest BCUT2D eigenvalue weighted by Gasteiger charge is -2.34. The van der Waals surface area contributed by atoms with Crippen LogP contribution in [0.2, 0.25) is 0 Å². The highest BCUT2D eigenvalue weighted by Crippen LogP contribution is 2.38. The van der Waals surface area contributed by atoms with Crippen LogP contribution in [0, 0.1) is 10.1 Å². The number of nitro benzene ring substituents is 1. The lowest BCUT2D eigenvalue weighted by molar-refractivity contribution is -0.388. The number of likely N-dealkylation sites (tertiary alicyclic amines) is 1. The Morgan fingerprint density at radius 1 is 0.886 bits per heavy atom. The van der Waals surface area contributed by atoms with Crippen molar-refractivity contribution in [1.82, 2.24) is 4.90 Å². The molecular weight excluding hydrogens is 596 g/mol. The maximum absolute atomic E-state index is 13.3. The van der Waals surface area contributed by atoms with E-state index in [-0.39, 0.29) is 42.1 Å². The molecule has 0 atom stereocenters. The lowest BCUT2D eigenvalue weighted by Crippen LogP contribution is -2.44. The van der Waals surface area contributed by atoms with Crippen LogP contribution < -0.4 is 16.4 Å². The average Bonchev–Trinajstić information content (AvgIpc) is 2.98. The largest absolute Gasteiger partial charge is 0.423 e. The van der Waals surface area contributed by atoms with Gasteiger partial charge in [0.05, 0.1) is 16.6 Å². The zero-order valence-electron chi connectivity index (χ0n) is 24.4. The van der Waals surface area contributed by atoms with Crippen LogP contribution in [0.4, 0.5) is 49.1 Å². The summed E-state index contributed by atoms with van der Waals surface area (Å²) >= 11 is 0. The number of hydrogen-bond donors (Lipinski definition) is 3. The van der Waals surface area contributed by atoms with E-state index in [1.165, 1.54) is 18.2 Å². The first-order valence-corrected chi connectivity index (χ1v) is 14.5. The summed E-state index contributed by atoms with van der Waals surface area (Å²) in [5.74, 6) is -0.204. The summed E-state index contributed by atoms with van der Waals surface area (Å²) < 4.78 is 84.9. The average molecular weight is 634 g/mol. The molecule has 1 amide bonds. The number of piperidine rings is 1. The van der Waals surface area contributed by atoms with Gasteiger partial charge in [-0.05, 0) is 68.9 Å². The van der Waals surface area contributed by atoms with Crippen molar-refractivity contribution in [2.75, 3.05) is 36.1 Å². The van der Waals surface area contributed by atoms with Crippen LogP contribution in [0.3, 0.4) is 0 Å². The quantitative estimate of drug-likeness (QED) is 0.123. The van der Waals surface area contributed by atoms with Crippen LogP contribution in [0.25, 0.3) is 0 Å². The molecule has 0 radical (unpaired) electrons. The molecule has 2 fully saturated rings. The van der Waals surface area contributed by atoms with E-state index in [9.17, 15) is 41.3 Å². The highest BCUT2D eigenvalue weighted by atomic mass is 19.4. The summed E-state index contributed by atoms with van der Waals surface area (Å²) in [5, 5.41) is 17.0. The third-order valence-electron chi connectivity index (χ3n) is 7.56. The van der Waals surface area contributed by atoms with E-state index < -0.39 is 34.1 Å². The first-order chi connectivity index (χ1) is 20.7. The molecule has 15 heteroatoms. The number of anilines is 3. The van der Waals surface area contributed by atoms with Crippen molar-refractivity contribution in [3.05, 3.63) is 57.6 Å². The fourth-order valence-electron chi connectivity index (χ4n) is 5.30. The second-order valence-corrected chi connectivity index (χ2v) is 10.5. The Morgan fingerprint density at radius 2 is 1.39 bits per heavy atom. The molecule has 244 valence electrons. The molecule has 1 aliphatic carbocycles. The number of nitrogens with two attached hydrogens (primary N) is 1. The molecule has 44 heavy (non-hydrogen) atoms. The van der Waals surface area contributed by atoms with Gasteiger partial charge in [-0.2, -0.15) is 26.3 Å². The summed E-state index contributed by atoms with van der Waals surface area (Å²) in [4.78, 5) is 24.2. The Balaban J connectivity index is 0.00000259. The maximum atomic E-state index is 13.3. The zero-order chi connectivity index (χ0) is 32.7. The van der Waals surface area contributed by atoms with Crippen molar-refractivity contribution in [2.24, 2.45) is 0 Å². The van der Waals surface area contributed by atoms with Crippen LogP contribution in [-0.4, -0.2) is 53.6 Å². The summed E-state index contributed by atoms with van der Waals surface area (Å²) in [6, 6.07) is 6.27. The number of nitrogen functional groups attached to an aromatic ring is 1. The fourth-order valence-corrected chi connectivity index (χ4v) is 5.30. The number of nitrogens with one attached hydrogen (secondary N) is 2. The first kappa shape index (κ1) is 34.7. The smallest absolute Gasteiger partial charge is 0.398 e. The number of carbonyl (C=O) groups excluding carboxylic acids is 1. The Bertz CT molecular complexity index is 1270. The van der Waals surface area contributed by atoms with E-state index in [4.69, 9.17) is 10.5 Å². The number of rotatable bonds is 8. The summed E-state index contributed by atoms with van der Waals surface area (Å²) in [7, 11) is 0. The third kappa shape index (κ3) is 9.37. The molecule has 2 aromatic rings. The Labute approximate surface area is 251 Å². The van der Waals surface area contributed by atoms with E-state index in [0.29, 0.717) is 57.3 Å². The number of amides is 1. The lowest BCUT2D eigenvalue weighted by atomic mass is 9.92. The number of hydrogen-bond acceptors (Lipinski definition) is 7. The summed E-state index contributed by atoms with van der Waals surface area (Å²) in [6.45, 7) is 4.62. The van der Waals surface area contributed by atoms with Gasteiger partial charge >= 0.3 is 12.4 Å². The van der Waals surface area contributed by atoms with Gasteiger partial charge < -0.3 is 26.0 Å². The van der Waals surface area contributed by atoms with E-state index in [1.54, 1.807) is 4.90 Å². The van der Waals surface area contributed by atoms with Gasteiger partial charge in [0, 0.05) is 48.3 Å². The van der Waals surface area contributed by atoms with Crippen LogP contribution in [0.5, 0.6) is 0 Å². The van der Waals surface area contributed by atoms with Crippen LogP contribution in [0.1, 0.15) is 63.5 Å². The molecule has 1 heterocycles. The molecule has 9 nitrogen and oxygen atoms in total. The number of benzene rings is 2. The molecule has 4 rings (SSSR count). The number of nitrogens with zero attached hydrogens (tertiary/aromatic N) is 2. The van der Waals surface area contributed by atoms with E-state index in [1.807, 2.05) is 13.8 Å². The topological polar surface area (TPSA) is 123 Å². The van der Waals surface area contributed by atoms with Gasteiger partial charge in [0.25, 0.3) is 5.69 Å². The molecule has 2 aromatic carbocycles. The summed E-state index contributed by atoms with van der Waals surface area (Å²) in [5.41, 5.74) is 2.35. The van der Waals surface area contributed by atoms with Crippen molar-refractivity contribution >= 4 is 28.7 Å². The second-order valence-electron chi connectivity index (χ2n) is 10.5. The number of nitro groups is 1. The van der Waals surface area contributed by atoms with Gasteiger partial charge in [-0.25, -0.2) is 0 Å². The molecule has 1 aliphatic heterocycles. The van der Waals surface area contributed by atoms with Gasteiger partial charge in [-0.1, -0.05) is 13.8 Å². The molecular formula is C29H37F6N5O4. The molecule has 2 aliphatic rings. The van der Waals surface area contributed by atoms with E-state index in [0.717, 1.165) is 18.2 Å². The van der Waals surface area contributed by atoms with Crippen molar-refractivity contribution in [1.29, 1.82) is 0 Å². The number of alkyl halides is 6. The highest BCUT2D eigenvalue weighted by Gasteiger charge is 2.39. The van der Waals surface area contributed by atoms with Crippen molar-refractivity contribution < 1.29 is 40.8 Å². The number of halogens is 6. The Morgan fingerprint density at radius 3 is 1.91 bits per heavy atom. The minimum absolute atomic E-state index is 0.0419. The molecule has 0 spiro atoms. The van der Waals surface area contributed by atoms with Crippen LogP contribution in [-0.2, 0) is 21.9 Å². The monoisotopic (exact) mass is 633 g/mol. The predicted octanol–water partition coefficient (Wildman–Crippen LogP) is 7.08. The zero-order valence-corrected chi connectivity index (χ0v) is 24.4. The third-order valence-corrected chi connectivity index (χ3v) is 7.56. The number of ether oxygens (including phenoxy) is 1.